The number of benzene rings is 1. The number of anilines is 1. The van der Waals surface area contributed by atoms with Crippen molar-refractivity contribution in [2.75, 3.05) is 11.9 Å². The minimum atomic E-state index is -0.529. The summed E-state index contributed by atoms with van der Waals surface area (Å²) >= 11 is 0. The highest BCUT2D eigenvalue weighted by molar-refractivity contribution is 6.09. The fourth-order valence-corrected chi connectivity index (χ4v) is 3.81. The van der Waals surface area contributed by atoms with Crippen molar-refractivity contribution >= 4 is 23.4 Å². The van der Waals surface area contributed by atoms with Gasteiger partial charge < -0.3 is 5.32 Å². The van der Waals surface area contributed by atoms with Gasteiger partial charge in [-0.25, -0.2) is 0 Å². The van der Waals surface area contributed by atoms with Crippen molar-refractivity contribution in [2.24, 2.45) is 5.41 Å². The fraction of sp³-hybridized carbons (Fsp3) is 0.526. The maximum absolute atomic E-state index is 12.7. The Bertz CT molecular complexity index is 645. The third-order valence-electron chi connectivity index (χ3n) is 5.25. The van der Waals surface area contributed by atoms with Crippen molar-refractivity contribution in [3.63, 3.8) is 0 Å². The van der Waals surface area contributed by atoms with E-state index in [0.717, 1.165) is 43.4 Å². The molecule has 5 nitrogen and oxygen atoms in total. The van der Waals surface area contributed by atoms with Crippen molar-refractivity contribution < 1.29 is 14.4 Å². The maximum Gasteiger partial charge on any atom is 0.244 e. The molecular formula is C19H24N2O3. The third kappa shape index (κ3) is 3.21. The lowest BCUT2D eigenvalue weighted by atomic mass is 9.73. The molecule has 24 heavy (non-hydrogen) atoms. The number of rotatable bonds is 4. The van der Waals surface area contributed by atoms with Gasteiger partial charge in [-0.15, -0.1) is 0 Å². The second kappa shape index (κ2) is 6.75. The van der Waals surface area contributed by atoms with Crippen molar-refractivity contribution in [3.8, 4) is 0 Å². The van der Waals surface area contributed by atoms with Gasteiger partial charge in [0.25, 0.3) is 0 Å². The van der Waals surface area contributed by atoms with Crippen LogP contribution >= 0.6 is 0 Å². The van der Waals surface area contributed by atoms with Gasteiger partial charge in [-0.1, -0.05) is 38.3 Å². The fourth-order valence-electron chi connectivity index (χ4n) is 3.81. The number of imide groups is 1. The predicted octanol–water partition coefficient (Wildman–Crippen LogP) is 2.90. The molecule has 2 aliphatic rings. The van der Waals surface area contributed by atoms with E-state index in [-0.39, 0.29) is 30.7 Å². The van der Waals surface area contributed by atoms with Gasteiger partial charge in [0.15, 0.2) is 0 Å². The van der Waals surface area contributed by atoms with E-state index in [1.165, 1.54) is 5.56 Å². The summed E-state index contributed by atoms with van der Waals surface area (Å²) in [5, 5.41) is 2.77. The Morgan fingerprint density at radius 3 is 2.42 bits per heavy atom. The molecule has 1 spiro atoms. The number of nitrogens with zero attached hydrogens (tertiary/aromatic N) is 1. The minimum Gasteiger partial charge on any atom is -0.325 e. The summed E-state index contributed by atoms with van der Waals surface area (Å²) in [6.07, 6.45) is 5.85. The van der Waals surface area contributed by atoms with Gasteiger partial charge in [0.2, 0.25) is 17.7 Å². The van der Waals surface area contributed by atoms with E-state index in [2.05, 4.69) is 12.2 Å². The van der Waals surface area contributed by atoms with Crippen LogP contribution in [-0.2, 0) is 20.8 Å². The Balaban J connectivity index is 1.63. The second-order valence-electron chi connectivity index (χ2n) is 6.90. The summed E-state index contributed by atoms with van der Waals surface area (Å²) < 4.78 is 0. The lowest BCUT2D eigenvalue weighted by Crippen LogP contribution is -2.41. The average molecular weight is 328 g/mol. The lowest BCUT2D eigenvalue weighted by Gasteiger charge is -2.30. The molecule has 1 aromatic carbocycles. The number of aryl methyl sites for hydroxylation is 1. The summed E-state index contributed by atoms with van der Waals surface area (Å²) in [5.41, 5.74) is 1.35. The Kier molecular flexibility index (Phi) is 4.69. The first kappa shape index (κ1) is 16.7. The molecule has 0 atom stereocenters. The van der Waals surface area contributed by atoms with Gasteiger partial charge in [0.05, 0.1) is 5.41 Å². The van der Waals surface area contributed by atoms with Crippen LogP contribution in [0.15, 0.2) is 24.3 Å². The second-order valence-corrected chi connectivity index (χ2v) is 6.90. The number of nitrogens with one attached hydrogen (secondary N) is 1. The first-order valence-corrected chi connectivity index (χ1v) is 8.78. The summed E-state index contributed by atoms with van der Waals surface area (Å²) in [6.45, 7) is 1.88. The Hall–Kier alpha value is -2.17. The molecule has 1 saturated heterocycles. The predicted molar refractivity (Wildman–Crippen MR) is 91.3 cm³/mol. The number of likely N-dealkylation sites (tertiary alicyclic amines) is 1. The minimum absolute atomic E-state index is 0.149. The Morgan fingerprint density at radius 1 is 1.12 bits per heavy atom. The van der Waals surface area contributed by atoms with Crippen LogP contribution in [0.2, 0.25) is 0 Å². The molecule has 1 N–H and O–H groups in total. The molecule has 3 amide bonds. The van der Waals surface area contributed by atoms with Crippen LogP contribution in [0.3, 0.4) is 0 Å². The van der Waals surface area contributed by atoms with E-state index in [9.17, 15) is 14.4 Å². The van der Waals surface area contributed by atoms with Crippen LogP contribution in [0.25, 0.3) is 0 Å². The van der Waals surface area contributed by atoms with Crippen molar-refractivity contribution in [1.82, 2.24) is 4.90 Å². The third-order valence-corrected chi connectivity index (χ3v) is 5.25. The van der Waals surface area contributed by atoms with Crippen molar-refractivity contribution in [2.45, 2.75) is 51.9 Å². The molecule has 1 aromatic rings. The van der Waals surface area contributed by atoms with Crippen LogP contribution in [0.5, 0.6) is 0 Å². The zero-order valence-electron chi connectivity index (χ0n) is 14.1. The number of carbonyl (C=O) groups excluding carboxylic acids is 3. The zero-order valence-corrected chi connectivity index (χ0v) is 14.1. The number of amides is 3. The van der Waals surface area contributed by atoms with E-state index >= 15 is 0 Å². The first-order valence-electron chi connectivity index (χ1n) is 8.78. The van der Waals surface area contributed by atoms with Gasteiger partial charge >= 0.3 is 0 Å². The smallest absolute Gasteiger partial charge is 0.244 e. The van der Waals surface area contributed by atoms with E-state index in [4.69, 9.17) is 0 Å². The quantitative estimate of drug-likeness (QED) is 0.864. The highest BCUT2D eigenvalue weighted by atomic mass is 16.2. The molecule has 1 saturated carbocycles. The van der Waals surface area contributed by atoms with Gasteiger partial charge in [-0.3, -0.25) is 19.3 Å². The standard InChI is InChI=1S/C19H24N2O3/c1-2-14-6-8-15(9-7-14)20-16(22)13-21-17(23)12-19(18(21)24)10-4-3-5-11-19/h6-9H,2-5,10-13H2,1H3,(H,20,22). The Labute approximate surface area is 142 Å². The summed E-state index contributed by atoms with van der Waals surface area (Å²) in [5.74, 6) is -0.684. The molecule has 1 aliphatic carbocycles. The molecule has 0 aromatic heterocycles. The summed E-state index contributed by atoms with van der Waals surface area (Å²) in [7, 11) is 0. The molecule has 3 rings (SSSR count). The van der Waals surface area contributed by atoms with Crippen LogP contribution in [0, 0.1) is 5.41 Å². The molecule has 0 radical (unpaired) electrons. The molecule has 128 valence electrons. The largest absolute Gasteiger partial charge is 0.325 e. The lowest BCUT2D eigenvalue weighted by molar-refractivity contribution is -0.144. The molecule has 2 fully saturated rings. The highest BCUT2D eigenvalue weighted by Crippen LogP contribution is 2.45. The van der Waals surface area contributed by atoms with E-state index in [0.29, 0.717) is 5.69 Å². The monoisotopic (exact) mass is 328 g/mol. The molecule has 0 unspecified atom stereocenters. The summed E-state index contributed by atoms with van der Waals surface area (Å²) in [6, 6.07) is 7.59. The number of hydrogen-bond donors (Lipinski definition) is 1. The van der Waals surface area contributed by atoms with Gasteiger partial charge in [0.1, 0.15) is 6.54 Å². The Morgan fingerprint density at radius 2 is 1.79 bits per heavy atom. The normalized spacial score (nSPS) is 19.8. The number of hydrogen-bond acceptors (Lipinski definition) is 3. The SMILES string of the molecule is CCc1ccc(NC(=O)CN2C(=O)CC3(CCCCC3)C2=O)cc1. The van der Waals surface area contributed by atoms with Gasteiger partial charge in [0, 0.05) is 12.1 Å². The van der Waals surface area contributed by atoms with E-state index in [1.807, 2.05) is 24.3 Å². The zero-order chi connectivity index (χ0) is 17.2. The topological polar surface area (TPSA) is 66.5 Å². The average Bonchev–Trinajstić information content (AvgIpc) is 2.80. The highest BCUT2D eigenvalue weighted by Gasteiger charge is 2.51. The summed E-state index contributed by atoms with van der Waals surface area (Å²) in [4.78, 5) is 38.3. The molecule has 0 bridgehead atoms. The first-order chi connectivity index (χ1) is 11.5. The van der Waals surface area contributed by atoms with Gasteiger partial charge in [-0.2, -0.15) is 0 Å². The van der Waals surface area contributed by atoms with Crippen LogP contribution < -0.4 is 5.32 Å². The molecule has 1 aliphatic heterocycles. The van der Waals surface area contributed by atoms with Crippen LogP contribution in [0.1, 0.15) is 51.0 Å². The maximum atomic E-state index is 12.7. The van der Waals surface area contributed by atoms with E-state index in [1.54, 1.807) is 0 Å². The number of carbonyl (C=O) groups is 3. The van der Waals surface area contributed by atoms with Crippen LogP contribution in [-0.4, -0.2) is 29.2 Å². The molecular weight excluding hydrogens is 304 g/mol. The molecule has 1 heterocycles. The van der Waals surface area contributed by atoms with Crippen LogP contribution in [0.4, 0.5) is 5.69 Å². The molecule has 5 heteroatoms. The van der Waals surface area contributed by atoms with Crippen molar-refractivity contribution in [3.05, 3.63) is 29.8 Å². The van der Waals surface area contributed by atoms with E-state index < -0.39 is 5.41 Å². The van der Waals surface area contributed by atoms with Crippen molar-refractivity contribution in [1.29, 1.82) is 0 Å². The van der Waals surface area contributed by atoms with Gasteiger partial charge in [-0.05, 0) is 37.0 Å².